The Morgan fingerprint density at radius 2 is 1.73 bits per heavy atom. The van der Waals surface area contributed by atoms with Crippen LogP contribution in [0.5, 0.6) is 0 Å². The van der Waals surface area contributed by atoms with E-state index in [-0.39, 0.29) is 6.42 Å². The van der Waals surface area contributed by atoms with Gasteiger partial charge in [0.15, 0.2) is 0 Å². The predicted molar refractivity (Wildman–Crippen MR) is 54.2 cm³/mol. The molecule has 0 aromatic rings. The minimum Gasteiger partial charge on any atom is -0.393 e. The molecule has 2 unspecified atom stereocenters. The summed E-state index contributed by atoms with van der Waals surface area (Å²) in [6.45, 7) is -0.00714. The van der Waals surface area contributed by atoms with E-state index in [1.54, 1.807) is 0 Å². The average Bonchev–Trinajstić information content (AvgIpc) is 1.97. The summed E-state index contributed by atoms with van der Waals surface area (Å²) in [5.74, 6) is -4.24. The smallest absolute Gasteiger partial charge is 0.359 e. The minimum atomic E-state index is -4.24. The van der Waals surface area contributed by atoms with Gasteiger partial charge >= 0.3 is 9.85 Å². The summed E-state index contributed by atoms with van der Waals surface area (Å²) in [5.41, 5.74) is 0. The number of hydrogen-bond donors (Lipinski definition) is 3. The molecule has 0 aromatic carbocycles. The summed E-state index contributed by atoms with van der Waals surface area (Å²) in [4.78, 5) is 0. The minimum absolute atomic E-state index is 0.205. The Labute approximate surface area is 98.0 Å². The van der Waals surface area contributed by atoms with E-state index < -0.39 is 28.7 Å². The first kappa shape index (κ1) is 15.3. The maximum Gasteiger partial charge on any atom is 0.359 e. The molecule has 0 aliphatic carbocycles. The third-order valence-corrected chi connectivity index (χ3v) is 2.33. The lowest BCUT2D eigenvalue weighted by atomic mass is 10.2. The monoisotopic (exact) mass is 345 g/mol. The van der Waals surface area contributed by atoms with Crippen LogP contribution in [0.4, 0.5) is 17.6 Å². The van der Waals surface area contributed by atoms with Crippen molar-refractivity contribution in [2.45, 2.75) is 35.5 Å². The van der Waals surface area contributed by atoms with Crippen LogP contribution in [0, 0.1) is 0 Å². The highest BCUT2D eigenvalue weighted by atomic mass is 127. The van der Waals surface area contributed by atoms with Crippen molar-refractivity contribution in [2.24, 2.45) is 0 Å². The lowest BCUT2D eigenvalue weighted by Gasteiger charge is -2.23. The quantitative estimate of drug-likeness (QED) is 0.295. The fourth-order valence-corrected chi connectivity index (χ4v) is 0.943. The van der Waals surface area contributed by atoms with Gasteiger partial charge in [-0.25, -0.2) is 0 Å². The second-order valence-corrected chi connectivity index (χ2v) is 4.54. The Hall–Kier alpha value is 0.330. The maximum absolute atomic E-state index is 12.6. The Morgan fingerprint density at radius 3 is 2.07 bits per heavy atom. The summed E-state index contributed by atoms with van der Waals surface area (Å²) in [5, 5.41) is 19.6. The third-order valence-electron chi connectivity index (χ3n) is 1.54. The largest absolute Gasteiger partial charge is 0.393 e. The van der Waals surface area contributed by atoms with Crippen LogP contribution in [0.1, 0.15) is 13.3 Å². The van der Waals surface area contributed by atoms with Crippen molar-refractivity contribution in [3.63, 3.8) is 0 Å². The van der Waals surface area contributed by atoms with Gasteiger partial charge in [-0.3, -0.25) is 5.32 Å². The summed E-state index contributed by atoms with van der Waals surface area (Å²) in [6.07, 6.45) is -2.54. The SMILES string of the molecule is CC(O)CC(O)NCC(F)(F)C(F)(F)I. The first-order valence-corrected chi connectivity index (χ1v) is 5.18. The molecule has 0 heterocycles. The molecular weight excluding hydrogens is 333 g/mol. The molecular formula is C7H12F4INO2. The molecule has 0 bridgehead atoms. The fraction of sp³-hybridized carbons (Fsp3) is 1.00. The average molecular weight is 345 g/mol. The van der Waals surface area contributed by atoms with Gasteiger partial charge in [-0.2, -0.15) is 17.6 Å². The number of alkyl halides is 5. The molecule has 0 fully saturated rings. The molecule has 0 aliphatic heterocycles. The second kappa shape index (κ2) is 5.60. The van der Waals surface area contributed by atoms with Gasteiger partial charge in [0.1, 0.15) is 6.23 Å². The molecule has 0 saturated carbocycles. The number of nitrogens with one attached hydrogen (secondary N) is 1. The zero-order valence-electron chi connectivity index (χ0n) is 7.85. The lowest BCUT2D eigenvalue weighted by molar-refractivity contribution is -0.141. The summed E-state index contributed by atoms with van der Waals surface area (Å²) >= 11 is 0.337. The highest BCUT2D eigenvalue weighted by Crippen LogP contribution is 2.39. The third kappa shape index (κ3) is 5.83. The van der Waals surface area contributed by atoms with Gasteiger partial charge in [-0.05, 0) is 6.92 Å². The zero-order chi connectivity index (χ0) is 12.3. The van der Waals surface area contributed by atoms with Gasteiger partial charge in [-0.1, -0.05) is 0 Å². The van der Waals surface area contributed by atoms with Gasteiger partial charge in [0.25, 0.3) is 0 Å². The number of hydrogen-bond acceptors (Lipinski definition) is 3. The van der Waals surface area contributed by atoms with E-state index in [0.29, 0.717) is 22.6 Å². The number of aliphatic hydroxyl groups is 2. The molecule has 0 saturated heterocycles. The van der Waals surface area contributed by atoms with E-state index in [1.807, 2.05) is 5.32 Å². The molecule has 0 aromatic heterocycles. The molecule has 15 heavy (non-hydrogen) atoms. The molecule has 92 valence electrons. The molecule has 3 nitrogen and oxygen atoms in total. The van der Waals surface area contributed by atoms with E-state index in [0.717, 1.165) is 0 Å². The van der Waals surface area contributed by atoms with Crippen molar-refractivity contribution in [3.8, 4) is 0 Å². The van der Waals surface area contributed by atoms with Crippen LogP contribution in [0.2, 0.25) is 0 Å². The molecule has 0 aliphatic rings. The van der Waals surface area contributed by atoms with Crippen LogP contribution >= 0.6 is 22.6 Å². The van der Waals surface area contributed by atoms with Crippen LogP contribution in [0.3, 0.4) is 0 Å². The summed E-state index contributed by atoms with van der Waals surface area (Å²) < 4.78 is 45.6. The number of rotatable bonds is 6. The zero-order valence-corrected chi connectivity index (χ0v) is 10.0. The molecule has 0 radical (unpaired) electrons. The van der Waals surface area contributed by atoms with Gasteiger partial charge in [0.05, 0.1) is 12.6 Å². The van der Waals surface area contributed by atoms with Crippen molar-refractivity contribution in [3.05, 3.63) is 0 Å². The van der Waals surface area contributed by atoms with Gasteiger partial charge in [-0.15, -0.1) is 0 Å². The van der Waals surface area contributed by atoms with Gasteiger partial charge < -0.3 is 10.2 Å². The van der Waals surface area contributed by atoms with Crippen molar-refractivity contribution in [2.75, 3.05) is 6.54 Å². The van der Waals surface area contributed by atoms with Crippen molar-refractivity contribution >= 4 is 22.6 Å². The van der Waals surface area contributed by atoms with Crippen LogP contribution in [0.25, 0.3) is 0 Å². The number of halogens is 5. The molecule has 3 N–H and O–H groups in total. The van der Waals surface area contributed by atoms with Crippen molar-refractivity contribution in [1.82, 2.24) is 5.32 Å². The van der Waals surface area contributed by atoms with Gasteiger partial charge in [0.2, 0.25) is 0 Å². The van der Waals surface area contributed by atoms with Crippen LogP contribution in [-0.4, -0.2) is 38.9 Å². The molecule has 8 heteroatoms. The first-order chi connectivity index (χ1) is 6.56. The topological polar surface area (TPSA) is 52.5 Å². The molecule has 0 amide bonds. The highest BCUT2D eigenvalue weighted by molar-refractivity contribution is 14.1. The Bertz CT molecular complexity index is 198. The second-order valence-electron chi connectivity index (χ2n) is 3.18. The van der Waals surface area contributed by atoms with E-state index in [4.69, 9.17) is 10.2 Å². The van der Waals surface area contributed by atoms with E-state index in [2.05, 4.69) is 0 Å². The van der Waals surface area contributed by atoms with Gasteiger partial charge in [0, 0.05) is 29.0 Å². The summed E-state index contributed by atoms with van der Waals surface area (Å²) in [6, 6.07) is 0. The standard InChI is InChI=1S/C7H12F4INO2/c1-4(14)2-5(15)13-3-6(8,9)7(10,11)12/h4-5,13-15H,2-3H2,1H3. The van der Waals surface area contributed by atoms with E-state index in [9.17, 15) is 17.6 Å². The highest BCUT2D eigenvalue weighted by Gasteiger charge is 2.53. The van der Waals surface area contributed by atoms with E-state index >= 15 is 0 Å². The van der Waals surface area contributed by atoms with Crippen molar-refractivity contribution < 1.29 is 27.8 Å². The fourth-order valence-electron chi connectivity index (χ4n) is 0.753. The normalized spacial score (nSPS) is 17.6. The maximum atomic E-state index is 12.6. The van der Waals surface area contributed by atoms with E-state index in [1.165, 1.54) is 6.92 Å². The summed E-state index contributed by atoms with van der Waals surface area (Å²) in [7, 11) is 0. The molecule has 0 spiro atoms. The Balaban J connectivity index is 4.04. The number of aliphatic hydroxyl groups excluding tert-OH is 2. The Morgan fingerprint density at radius 1 is 1.27 bits per heavy atom. The molecule has 2 atom stereocenters. The van der Waals surface area contributed by atoms with Crippen LogP contribution in [-0.2, 0) is 0 Å². The first-order valence-electron chi connectivity index (χ1n) is 4.10. The van der Waals surface area contributed by atoms with Crippen LogP contribution in [0.15, 0.2) is 0 Å². The van der Waals surface area contributed by atoms with Crippen LogP contribution < -0.4 is 5.32 Å². The van der Waals surface area contributed by atoms with Crippen molar-refractivity contribution in [1.29, 1.82) is 0 Å². The lowest BCUT2D eigenvalue weighted by Crippen LogP contribution is -2.47. The molecule has 0 rings (SSSR count). The Kier molecular flexibility index (Phi) is 5.72. The predicted octanol–water partition coefficient (Wildman–Crippen LogP) is 1.33.